The molecular formula is C17H20N2O5S2. The lowest BCUT2D eigenvalue weighted by Gasteiger charge is -2.17. The fourth-order valence-electron chi connectivity index (χ4n) is 2.15. The first-order chi connectivity index (χ1) is 12.5. The minimum absolute atomic E-state index is 0.0653. The first-order valence-electron chi connectivity index (χ1n) is 8.13. The van der Waals surface area contributed by atoms with Crippen molar-refractivity contribution in [1.29, 1.82) is 0 Å². The lowest BCUT2D eigenvalue weighted by molar-refractivity contribution is -0.155. The Kier molecular flexibility index (Phi) is 7.86. The maximum Gasteiger partial charge on any atom is 0.347 e. The molecule has 0 saturated carbocycles. The summed E-state index contributed by atoms with van der Waals surface area (Å²) in [4.78, 5) is 36.8. The highest BCUT2D eigenvalue weighted by Gasteiger charge is 2.26. The number of thiocarbonyl (C=S) groups is 1. The number of hydrogen-bond donors (Lipinski definition) is 1. The molecule has 1 aliphatic heterocycles. The molecule has 9 heteroatoms. The van der Waals surface area contributed by atoms with Crippen LogP contribution in [0.4, 0.5) is 0 Å². The molecule has 0 spiro atoms. The van der Waals surface area contributed by atoms with E-state index in [1.165, 1.54) is 16.7 Å². The number of carbonyl (C=O) groups is 3. The highest BCUT2D eigenvalue weighted by Crippen LogP contribution is 2.18. The fourth-order valence-corrected chi connectivity index (χ4v) is 3.27. The van der Waals surface area contributed by atoms with Crippen molar-refractivity contribution in [2.24, 2.45) is 0 Å². The number of esters is 1. The number of nitrogens with one attached hydrogen (secondary N) is 1. The van der Waals surface area contributed by atoms with Crippen LogP contribution >= 0.6 is 24.0 Å². The average molecular weight is 396 g/mol. The summed E-state index contributed by atoms with van der Waals surface area (Å²) in [6, 6.07) is 8.93. The van der Waals surface area contributed by atoms with Crippen molar-refractivity contribution in [3.63, 3.8) is 0 Å². The standard InChI is InChI=1S/C17H20N2O5S2/c1-2-13(24-12-6-4-3-5-7-12)16(22)23-10-14(20)18-8-9-19-15(21)11-26-17(19)25/h3-7,13H,2,8-11H2,1H3,(H,18,20)/t13-/m0/s1. The van der Waals surface area contributed by atoms with Gasteiger partial charge >= 0.3 is 5.97 Å². The number of hydrogen-bond acceptors (Lipinski definition) is 7. The van der Waals surface area contributed by atoms with Crippen molar-refractivity contribution >= 4 is 46.1 Å². The third-order valence-corrected chi connectivity index (χ3v) is 4.93. The van der Waals surface area contributed by atoms with Crippen LogP contribution in [0.3, 0.4) is 0 Å². The fraction of sp³-hybridized carbons (Fsp3) is 0.412. The van der Waals surface area contributed by atoms with E-state index >= 15 is 0 Å². The number of nitrogens with zero attached hydrogens (tertiary/aromatic N) is 1. The van der Waals surface area contributed by atoms with Gasteiger partial charge in [-0.05, 0) is 18.6 Å². The van der Waals surface area contributed by atoms with Crippen LogP contribution in [-0.4, -0.2) is 58.6 Å². The van der Waals surface area contributed by atoms with Crippen LogP contribution < -0.4 is 10.1 Å². The highest BCUT2D eigenvalue weighted by atomic mass is 32.2. The maximum atomic E-state index is 12.1. The van der Waals surface area contributed by atoms with E-state index in [1.54, 1.807) is 31.2 Å². The van der Waals surface area contributed by atoms with Gasteiger partial charge in [0.2, 0.25) is 5.91 Å². The molecule has 1 saturated heterocycles. The summed E-state index contributed by atoms with van der Waals surface area (Å²) < 4.78 is 11.1. The van der Waals surface area contributed by atoms with E-state index in [4.69, 9.17) is 21.7 Å². The maximum absolute atomic E-state index is 12.1. The van der Waals surface area contributed by atoms with E-state index in [9.17, 15) is 14.4 Å². The molecule has 1 heterocycles. The van der Waals surface area contributed by atoms with E-state index < -0.39 is 24.6 Å². The minimum atomic E-state index is -0.776. The molecule has 0 unspecified atom stereocenters. The van der Waals surface area contributed by atoms with Crippen molar-refractivity contribution < 1.29 is 23.9 Å². The molecule has 1 atom stereocenters. The Hall–Kier alpha value is -2.13. The molecule has 140 valence electrons. The summed E-state index contributed by atoms with van der Waals surface area (Å²) in [5.41, 5.74) is 0. The van der Waals surface area contributed by atoms with Gasteiger partial charge in [0.1, 0.15) is 10.1 Å². The first-order valence-corrected chi connectivity index (χ1v) is 9.52. The van der Waals surface area contributed by atoms with Crippen LogP contribution in [0.25, 0.3) is 0 Å². The van der Waals surface area contributed by atoms with Crippen LogP contribution in [0.1, 0.15) is 13.3 Å². The Balaban J connectivity index is 1.69. The summed E-state index contributed by atoms with van der Waals surface area (Å²) in [6.07, 6.45) is -0.358. The van der Waals surface area contributed by atoms with Crippen molar-refractivity contribution in [3.8, 4) is 5.75 Å². The second-order valence-electron chi connectivity index (χ2n) is 5.39. The third-order valence-electron chi connectivity index (χ3n) is 3.50. The molecule has 7 nitrogen and oxygen atoms in total. The van der Waals surface area contributed by atoms with Crippen LogP contribution in [0.5, 0.6) is 5.75 Å². The van der Waals surface area contributed by atoms with Gasteiger partial charge < -0.3 is 14.8 Å². The second kappa shape index (κ2) is 10.1. The van der Waals surface area contributed by atoms with Crippen LogP contribution in [0.2, 0.25) is 0 Å². The predicted molar refractivity (Wildman–Crippen MR) is 102 cm³/mol. The lowest BCUT2D eigenvalue weighted by atomic mass is 10.2. The van der Waals surface area contributed by atoms with E-state index in [2.05, 4.69) is 5.32 Å². The van der Waals surface area contributed by atoms with Gasteiger partial charge in [-0.2, -0.15) is 0 Å². The molecule has 1 aromatic carbocycles. The van der Waals surface area contributed by atoms with Gasteiger partial charge in [-0.3, -0.25) is 14.5 Å². The molecule has 26 heavy (non-hydrogen) atoms. The molecule has 2 rings (SSSR count). The Morgan fingerprint density at radius 2 is 2.08 bits per heavy atom. The number of rotatable bonds is 9. The molecule has 0 aromatic heterocycles. The van der Waals surface area contributed by atoms with Crippen LogP contribution in [0, 0.1) is 0 Å². The number of benzene rings is 1. The topological polar surface area (TPSA) is 84.9 Å². The van der Waals surface area contributed by atoms with Gasteiger partial charge in [-0.15, -0.1) is 0 Å². The summed E-state index contributed by atoms with van der Waals surface area (Å²) in [6.45, 7) is 1.93. The van der Waals surface area contributed by atoms with Gasteiger partial charge in [-0.1, -0.05) is 49.1 Å². The molecule has 0 aliphatic carbocycles. The number of ether oxygens (including phenoxy) is 2. The molecule has 0 bridgehead atoms. The zero-order valence-corrected chi connectivity index (χ0v) is 15.9. The van der Waals surface area contributed by atoms with E-state index in [1.807, 2.05) is 6.07 Å². The van der Waals surface area contributed by atoms with Gasteiger partial charge in [0.25, 0.3) is 5.91 Å². The summed E-state index contributed by atoms with van der Waals surface area (Å²) in [5.74, 6) is -0.212. The van der Waals surface area contributed by atoms with Crippen molar-refractivity contribution in [1.82, 2.24) is 10.2 Å². The van der Waals surface area contributed by atoms with Crippen molar-refractivity contribution in [2.75, 3.05) is 25.4 Å². The Bertz CT molecular complexity index is 652. The number of carbonyl (C=O) groups excluding carboxylic acids is 3. The van der Waals surface area contributed by atoms with Gasteiger partial charge in [-0.25, -0.2) is 4.79 Å². The molecule has 1 aliphatic rings. The van der Waals surface area contributed by atoms with E-state index in [0.29, 0.717) is 28.8 Å². The largest absolute Gasteiger partial charge is 0.479 e. The van der Waals surface area contributed by atoms with Gasteiger partial charge in [0.15, 0.2) is 12.7 Å². The predicted octanol–water partition coefficient (Wildman–Crippen LogP) is 1.36. The first kappa shape index (κ1) is 20.2. The zero-order chi connectivity index (χ0) is 18.9. The normalized spacial score (nSPS) is 14.9. The SMILES string of the molecule is CC[C@H](Oc1ccccc1)C(=O)OCC(=O)NCCN1C(=O)CSC1=S. The van der Waals surface area contributed by atoms with E-state index in [0.717, 1.165) is 0 Å². The number of amides is 2. The average Bonchev–Trinajstić information content (AvgIpc) is 2.97. The molecule has 2 amide bonds. The molecule has 1 fully saturated rings. The quantitative estimate of drug-likeness (QED) is 0.498. The van der Waals surface area contributed by atoms with Crippen LogP contribution in [-0.2, 0) is 19.1 Å². The molecule has 1 N–H and O–H groups in total. The lowest BCUT2D eigenvalue weighted by Crippen LogP contribution is -2.39. The second-order valence-corrected chi connectivity index (χ2v) is 6.99. The van der Waals surface area contributed by atoms with Crippen molar-refractivity contribution in [3.05, 3.63) is 30.3 Å². The van der Waals surface area contributed by atoms with Gasteiger partial charge in [0, 0.05) is 13.1 Å². The molecule has 1 aromatic rings. The van der Waals surface area contributed by atoms with E-state index in [-0.39, 0.29) is 12.5 Å². The van der Waals surface area contributed by atoms with Gasteiger partial charge in [0.05, 0.1) is 5.75 Å². The summed E-state index contributed by atoms with van der Waals surface area (Å²) >= 11 is 6.35. The smallest absolute Gasteiger partial charge is 0.347 e. The van der Waals surface area contributed by atoms with Crippen LogP contribution in [0.15, 0.2) is 30.3 Å². The third kappa shape index (κ3) is 5.99. The molecule has 0 radical (unpaired) electrons. The number of thioether (sulfide) groups is 1. The zero-order valence-electron chi connectivity index (χ0n) is 14.3. The summed E-state index contributed by atoms with van der Waals surface area (Å²) in [7, 11) is 0. The Morgan fingerprint density at radius 3 is 2.69 bits per heavy atom. The Morgan fingerprint density at radius 1 is 1.35 bits per heavy atom. The summed E-state index contributed by atoms with van der Waals surface area (Å²) in [5, 5.41) is 2.59. The molecular weight excluding hydrogens is 376 g/mol. The van der Waals surface area contributed by atoms with Crippen molar-refractivity contribution in [2.45, 2.75) is 19.4 Å². The monoisotopic (exact) mass is 396 g/mol. The highest BCUT2D eigenvalue weighted by molar-refractivity contribution is 8.23. The minimum Gasteiger partial charge on any atom is -0.479 e. The number of para-hydroxylation sites is 1. The Labute approximate surface area is 161 Å².